The van der Waals surface area contributed by atoms with E-state index in [-0.39, 0.29) is 5.69 Å². The molecule has 0 bridgehead atoms. The summed E-state index contributed by atoms with van der Waals surface area (Å²) >= 11 is 0. The number of hydrogen-bond donors (Lipinski definition) is 2. The van der Waals surface area contributed by atoms with Crippen LogP contribution in [0.3, 0.4) is 0 Å². The lowest BCUT2D eigenvalue weighted by Gasteiger charge is -2.05. The van der Waals surface area contributed by atoms with Gasteiger partial charge in [-0.1, -0.05) is 0 Å². The van der Waals surface area contributed by atoms with Gasteiger partial charge in [0.1, 0.15) is 11.6 Å². The van der Waals surface area contributed by atoms with Gasteiger partial charge in [-0.05, 0) is 30.3 Å². The SMILES string of the molecule is Nc1ccc(NCc2ccco2)cc1F. The van der Waals surface area contributed by atoms with Gasteiger partial charge >= 0.3 is 0 Å². The summed E-state index contributed by atoms with van der Waals surface area (Å²) < 4.78 is 18.2. The molecule has 1 aromatic carbocycles. The van der Waals surface area contributed by atoms with E-state index in [1.54, 1.807) is 18.4 Å². The Morgan fingerprint density at radius 3 is 2.87 bits per heavy atom. The topological polar surface area (TPSA) is 51.2 Å². The summed E-state index contributed by atoms with van der Waals surface area (Å²) in [6.07, 6.45) is 1.60. The lowest BCUT2D eigenvalue weighted by molar-refractivity contribution is 0.518. The highest BCUT2D eigenvalue weighted by atomic mass is 19.1. The van der Waals surface area contributed by atoms with Gasteiger partial charge in [0, 0.05) is 5.69 Å². The van der Waals surface area contributed by atoms with Crippen molar-refractivity contribution in [3.05, 3.63) is 48.2 Å². The van der Waals surface area contributed by atoms with Gasteiger partial charge in [0.25, 0.3) is 0 Å². The summed E-state index contributed by atoms with van der Waals surface area (Å²) in [5, 5.41) is 3.03. The molecule has 1 aromatic heterocycles. The summed E-state index contributed by atoms with van der Waals surface area (Å²) in [6, 6.07) is 8.26. The third-order valence-electron chi connectivity index (χ3n) is 2.05. The van der Waals surface area contributed by atoms with E-state index < -0.39 is 5.82 Å². The predicted molar refractivity (Wildman–Crippen MR) is 56.8 cm³/mol. The molecule has 0 spiro atoms. The fourth-order valence-electron chi connectivity index (χ4n) is 1.24. The largest absolute Gasteiger partial charge is 0.467 e. The van der Waals surface area contributed by atoms with E-state index >= 15 is 0 Å². The first-order chi connectivity index (χ1) is 7.25. The van der Waals surface area contributed by atoms with Crippen molar-refractivity contribution in [2.24, 2.45) is 0 Å². The summed E-state index contributed by atoms with van der Waals surface area (Å²) in [5.41, 5.74) is 6.19. The Bertz CT molecular complexity index is 440. The zero-order chi connectivity index (χ0) is 10.7. The van der Waals surface area contributed by atoms with Crippen molar-refractivity contribution in [3.63, 3.8) is 0 Å². The molecule has 4 heteroatoms. The minimum atomic E-state index is -0.417. The summed E-state index contributed by atoms with van der Waals surface area (Å²) in [4.78, 5) is 0. The van der Waals surface area contributed by atoms with Crippen molar-refractivity contribution in [3.8, 4) is 0 Å². The Labute approximate surface area is 86.7 Å². The molecule has 1 heterocycles. The van der Waals surface area contributed by atoms with E-state index in [9.17, 15) is 4.39 Å². The van der Waals surface area contributed by atoms with Gasteiger partial charge in [-0.3, -0.25) is 0 Å². The van der Waals surface area contributed by atoms with Crippen molar-refractivity contribution in [2.75, 3.05) is 11.1 Å². The van der Waals surface area contributed by atoms with Gasteiger partial charge in [-0.2, -0.15) is 0 Å². The minimum absolute atomic E-state index is 0.151. The van der Waals surface area contributed by atoms with Crippen LogP contribution in [0.15, 0.2) is 41.0 Å². The Balaban J connectivity index is 2.02. The van der Waals surface area contributed by atoms with Gasteiger partial charge < -0.3 is 15.5 Å². The first-order valence-corrected chi connectivity index (χ1v) is 4.57. The molecule has 0 aliphatic carbocycles. The van der Waals surface area contributed by atoms with E-state index in [1.165, 1.54) is 12.1 Å². The first-order valence-electron chi connectivity index (χ1n) is 4.57. The van der Waals surface area contributed by atoms with E-state index in [1.807, 2.05) is 6.07 Å². The molecule has 3 nitrogen and oxygen atoms in total. The third-order valence-corrected chi connectivity index (χ3v) is 2.05. The van der Waals surface area contributed by atoms with Crippen LogP contribution in [0.5, 0.6) is 0 Å². The Hall–Kier alpha value is -1.97. The summed E-state index contributed by atoms with van der Waals surface area (Å²) in [5.74, 6) is 0.381. The highest BCUT2D eigenvalue weighted by molar-refractivity contribution is 5.52. The standard InChI is InChI=1S/C11H11FN2O/c12-10-6-8(3-4-11(10)13)14-7-9-2-1-5-15-9/h1-6,14H,7,13H2. The second kappa shape index (κ2) is 4.04. The molecule has 0 unspecified atom stereocenters. The molecular weight excluding hydrogens is 195 g/mol. The fraction of sp³-hybridized carbons (Fsp3) is 0.0909. The summed E-state index contributed by atoms with van der Waals surface area (Å²) in [7, 11) is 0. The van der Waals surface area contributed by atoms with Gasteiger partial charge in [0.15, 0.2) is 0 Å². The number of halogens is 1. The number of furan rings is 1. The van der Waals surface area contributed by atoms with Gasteiger partial charge in [0.05, 0.1) is 18.5 Å². The number of anilines is 2. The Kier molecular flexibility index (Phi) is 2.58. The molecule has 2 aromatic rings. The molecule has 78 valence electrons. The van der Waals surface area contributed by atoms with Crippen molar-refractivity contribution in [1.29, 1.82) is 0 Å². The number of nitrogens with two attached hydrogens (primary N) is 1. The fourth-order valence-corrected chi connectivity index (χ4v) is 1.24. The number of nitrogens with one attached hydrogen (secondary N) is 1. The van der Waals surface area contributed by atoms with Crippen LogP contribution in [-0.4, -0.2) is 0 Å². The average molecular weight is 206 g/mol. The molecule has 15 heavy (non-hydrogen) atoms. The first kappa shape index (κ1) is 9.58. The summed E-state index contributed by atoms with van der Waals surface area (Å²) in [6.45, 7) is 0.524. The lowest BCUT2D eigenvalue weighted by atomic mass is 10.2. The number of nitrogen functional groups attached to an aromatic ring is 1. The van der Waals surface area contributed by atoms with Crippen LogP contribution in [-0.2, 0) is 6.54 Å². The van der Waals surface area contributed by atoms with Crippen molar-refractivity contribution in [1.82, 2.24) is 0 Å². The van der Waals surface area contributed by atoms with E-state index in [4.69, 9.17) is 10.2 Å². The van der Waals surface area contributed by atoms with Crippen molar-refractivity contribution in [2.45, 2.75) is 6.54 Å². The normalized spacial score (nSPS) is 10.2. The molecular formula is C11H11FN2O. The minimum Gasteiger partial charge on any atom is -0.467 e. The van der Waals surface area contributed by atoms with Crippen LogP contribution < -0.4 is 11.1 Å². The van der Waals surface area contributed by atoms with Crippen LogP contribution in [0.1, 0.15) is 5.76 Å². The maximum Gasteiger partial charge on any atom is 0.148 e. The zero-order valence-corrected chi connectivity index (χ0v) is 8.03. The van der Waals surface area contributed by atoms with Crippen LogP contribution in [0.2, 0.25) is 0 Å². The van der Waals surface area contributed by atoms with Gasteiger partial charge in [-0.25, -0.2) is 4.39 Å². The third kappa shape index (κ3) is 2.28. The maximum absolute atomic E-state index is 13.1. The van der Waals surface area contributed by atoms with E-state index in [0.717, 1.165) is 5.76 Å². The van der Waals surface area contributed by atoms with E-state index in [2.05, 4.69) is 5.32 Å². The van der Waals surface area contributed by atoms with Crippen LogP contribution in [0.4, 0.5) is 15.8 Å². The quantitative estimate of drug-likeness (QED) is 0.759. The lowest BCUT2D eigenvalue weighted by Crippen LogP contribution is -1.99. The van der Waals surface area contributed by atoms with E-state index in [0.29, 0.717) is 12.2 Å². The molecule has 0 fully saturated rings. The number of benzene rings is 1. The molecule has 0 saturated carbocycles. The Morgan fingerprint density at radius 2 is 2.20 bits per heavy atom. The molecule has 0 atom stereocenters. The second-order valence-electron chi connectivity index (χ2n) is 3.17. The second-order valence-corrected chi connectivity index (χ2v) is 3.17. The predicted octanol–water partition coefficient (Wildman–Crippen LogP) is 2.61. The molecule has 0 amide bonds. The molecule has 3 N–H and O–H groups in total. The molecule has 2 rings (SSSR count). The van der Waals surface area contributed by atoms with Crippen molar-refractivity contribution < 1.29 is 8.81 Å². The monoisotopic (exact) mass is 206 g/mol. The highest BCUT2D eigenvalue weighted by Gasteiger charge is 2.00. The zero-order valence-electron chi connectivity index (χ0n) is 8.03. The van der Waals surface area contributed by atoms with Gasteiger partial charge in [0.2, 0.25) is 0 Å². The number of hydrogen-bond acceptors (Lipinski definition) is 3. The molecule has 0 saturated heterocycles. The molecule has 0 radical (unpaired) electrons. The Morgan fingerprint density at radius 1 is 1.33 bits per heavy atom. The van der Waals surface area contributed by atoms with Crippen LogP contribution in [0, 0.1) is 5.82 Å². The average Bonchev–Trinajstić information content (AvgIpc) is 2.73. The van der Waals surface area contributed by atoms with Gasteiger partial charge in [-0.15, -0.1) is 0 Å². The molecule has 0 aliphatic heterocycles. The van der Waals surface area contributed by atoms with Crippen LogP contribution >= 0.6 is 0 Å². The van der Waals surface area contributed by atoms with Crippen molar-refractivity contribution >= 4 is 11.4 Å². The van der Waals surface area contributed by atoms with Crippen LogP contribution in [0.25, 0.3) is 0 Å². The maximum atomic E-state index is 13.1. The molecule has 0 aliphatic rings. The highest BCUT2D eigenvalue weighted by Crippen LogP contribution is 2.16. The smallest absolute Gasteiger partial charge is 0.148 e. The number of rotatable bonds is 3.